The van der Waals surface area contributed by atoms with Gasteiger partial charge < -0.3 is 19.3 Å². The maximum Gasteiger partial charge on any atom is 0.336 e. The molecule has 7 rings (SSSR count). The molecular formula is C35H36N4O4S2. The lowest BCUT2D eigenvalue weighted by Crippen LogP contribution is -2.42. The van der Waals surface area contributed by atoms with Crippen LogP contribution in [0.1, 0.15) is 64.6 Å². The number of ether oxygens (including phenoxy) is 1. The van der Waals surface area contributed by atoms with Crippen LogP contribution in [-0.2, 0) is 16.1 Å². The molecule has 2 fully saturated rings. The van der Waals surface area contributed by atoms with Gasteiger partial charge in [-0.15, -0.1) is 22.7 Å². The molecule has 1 N–H and O–H groups in total. The number of carboxylic acid groups (broad SMARTS) is 1. The van der Waals surface area contributed by atoms with Gasteiger partial charge in [0.15, 0.2) is 0 Å². The fourth-order valence-corrected chi connectivity index (χ4v) is 8.58. The fourth-order valence-electron chi connectivity index (χ4n) is 6.78. The summed E-state index contributed by atoms with van der Waals surface area (Å²) >= 11 is 3.08. The van der Waals surface area contributed by atoms with Crippen LogP contribution in [0.5, 0.6) is 0 Å². The lowest BCUT2D eigenvalue weighted by Gasteiger charge is -2.28. The summed E-state index contributed by atoms with van der Waals surface area (Å²) in [7, 11) is 0. The molecule has 232 valence electrons. The first kappa shape index (κ1) is 29.8. The number of aryl methyl sites for hydroxylation is 2. The van der Waals surface area contributed by atoms with Crippen molar-refractivity contribution >= 4 is 45.5 Å². The number of pyridine rings is 1. The highest BCUT2D eigenvalue weighted by Gasteiger charge is 2.28. The predicted octanol–water partition coefficient (Wildman–Crippen LogP) is 7.78. The normalized spacial score (nSPS) is 16.0. The van der Waals surface area contributed by atoms with Crippen LogP contribution in [0.2, 0.25) is 0 Å². The Kier molecular flexibility index (Phi) is 8.29. The molecule has 0 bridgehead atoms. The van der Waals surface area contributed by atoms with Crippen LogP contribution in [0, 0.1) is 13.8 Å². The summed E-state index contributed by atoms with van der Waals surface area (Å²) in [5.41, 5.74) is 7.32. The van der Waals surface area contributed by atoms with E-state index in [0.717, 1.165) is 66.8 Å². The van der Waals surface area contributed by atoms with Crippen molar-refractivity contribution in [2.45, 2.75) is 58.4 Å². The zero-order valence-electron chi connectivity index (χ0n) is 25.5. The topological polar surface area (TPSA) is 97.5 Å². The van der Waals surface area contributed by atoms with Gasteiger partial charge in [0.25, 0.3) is 0 Å². The number of carbonyl (C=O) groups is 2. The Bertz CT molecular complexity index is 1890. The molecule has 1 saturated heterocycles. The van der Waals surface area contributed by atoms with Gasteiger partial charge in [-0.3, -0.25) is 4.79 Å². The number of nitrogens with zero attached hydrogens (tertiary/aromatic N) is 4. The fraction of sp³-hybridized carbons (Fsp3) is 0.371. The number of thiophene rings is 1. The monoisotopic (exact) mass is 640 g/mol. The minimum atomic E-state index is -0.946. The molecule has 8 nitrogen and oxygen atoms in total. The SMILES string of the molecule is Cc1nc(C)c(-c2ccc3cc(-c4c(C5CCCCC5)cc(-c5cc(C(=O)O)cs5)n4CC(=O)N4CCOCC4)ccc3n2)s1. The van der Waals surface area contributed by atoms with Crippen molar-refractivity contribution < 1.29 is 19.4 Å². The van der Waals surface area contributed by atoms with E-state index in [4.69, 9.17) is 9.72 Å². The number of carboxylic acids is 1. The van der Waals surface area contributed by atoms with Crippen LogP contribution in [0.3, 0.4) is 0 Å². The maximum absolute atomic E-state index is 13.8. The molecule has 0 atom stereocenters. The van der Waals surface area contributed by atoms with Gasteiger partial charge in [0.05, 0.1) is 61.8 Å². The zero-order chi connectivity index (χ0) is 31.1. The van der Waals surface area contributed by atoms with Crippen molar-refractivity contribution in [3.05, 3.63) is 69.7 Å². The average molecular weight is 641 g/mol. The molecule has 10 heteroatoms. The molecular weight excluding hydrogens is 605 g/mol. The molecule has 4 aromatic heterocycles. The highest BCUT2D eigenvalue weighted by atomic mass is 32.1. The predicted molar refractivity (Wildman–Crippen MR) is 179 cm³/mol. The van der Waals surface area contributed by atoms with E-state index in [1.165, 1.54) is 36.2 Å². The van der Waals surface area contributed by atoms with Crippen molar-refractivity contribution in [2.75, 3.05) is 26.3 Å². The van der Waals surface area contributed by atoms with E-state index in [-0.39, 0.29) is 18.0 Å². The third kappa shape index (κ3) is 5.94. The molecule has 5 heterocycles. The standard InChI is InChI=1S/C35H36N4O4S2/c1-21-34(45-22(2)36-21)29-11-8-24-16-25(9-10-28(24)37-29)33-27(23-6-4-3-5-7-23)18-30(31-17-26(20-44-31)35(41)42)39(33)19-32(40)38-12-14-43-15-13-38/h8-11,16-18,20,23H,3-7,12-15,19H2,1-2H3,(H,41,42). The van der Waals surface area contributed by atoms with Crippen molar-refractivity contribution in [1.29, 1.82) is 0 Å². The first-order valence-electron chi connectivity index (χ1n) is 15.6. The van der Waals surface area contributed by atoms with Crippen LogP contribution in [0.15, 0.2) is 47.8 Å². The van der Waals surface area contributed by atoms with Gasteiger partial charge in [0.1, 0.15) is 6.54 Å². The Balaban J connectivity index is 1.38. The Morgan fingerprint density at radius 2 is 1.80 bits per heavy atom. The van der Waals surface area contributed by atoms with Gasteiger partial charge in [-0.2, -0.15) is 0 Å². The van der Waals surface area contributed by atoms with Gasteiger partial charge in [0.2, 0.25) is 5.91 Å². The Hall–Kier alpha value is -3.86. The summed E-state index contributed by atoms with van der Waals surface area (Å²) in [4.78, 5) is 39.0. The number of aromatic carboxylic acids is 1. The van der Waals surface area contributed by atoms with Crippen LogP contribution < -0.4 is 0 Å². The summed E-state index contributed by atoms with van der Waals surface area (Å²) in [5.74, 6) is -0.526. The summed E-state index contributed by atoms with van der Waals surface area (Å²) in [6, 6.07) is 14.6. The first-order valence-corrected chi connectivity index (χ1v) is 17.3. The molecule has 5 aromatic rings. The van der Waals surface area contributed by atoms with Crippen molar-refractivity contribution in [1.82, 2.24) is 19.4 Å². The number of morpholine rings is 1. The molecule has 1 saturated carbocycles. The molecule has 1 aliphatic heterocycles. The number of thiazole rings is 1. The lowest BCUT2D eigenvalue weighted by atomic mass is 9.83. The van der Waals surface area contributed by atoms with Gasteiger partial charge in [-0.1, -0.05) is 31.4 Å². The minimum absolute atomic E-state index is 0.0453. The largest absolute Gasteiger partial charge is 0.478 e. The quantitative estimate of drug-likeness (QED) is 0.195. The van der Waals surface area contributed by atoms with E-state index in [9.17, 15) is 14.7 Å². The van der Waals surface area contributed by atoms with E-state index >= 15 is 0 Å². The number of hydrogen-bond acceptors (Lipinski definition) is 7. The molecule has 1 aliphatic carbocycles. The molecule has 0 radical (unpaired) electrons. The second kappa shape index (κ2) is 12.5. The Morgan fingerprint density at radius 3 is 2.51 bits per heavy atom. The van der Waals surface area contributed by atoms with Crippen LogP contribution in [0.4, 0.5) is 0 Å². The van der Waals surface area contributed by atoms with Gasteiger partial charge in [0, 0.05) is 23.9 Å². The molecule has 1 amide bonds. The van der Waals surface area contributed by atoms with Crippen LogP contribution >= 0.6 is 22.7 Å². The Morgan fingerprint density at radius 1 is 1.00 bits per heavy atom. The maximum atomic E-state index is 13.8. The number of hydrogen-bond donors (Lipinski definition) is 1. The lowest BCUT2D eigenvalue weighted by molar-refractivity contribution is -0.135. The number of amides is 1. The van der Waals surface area contributed by atoms with E-state index in [0.29, 0.717) is 32.2 Å². The third-order valence-electron chi connectivity index (χ3n) is 9.03. The van der Waals surface area contributed by atoms with Crippen molar-refractivity contribution in [3.8, 4) is 32.4 Å². The smallest absolute Gasteiger partial charge is 0.336 e. The molecule has 2 aliphatic rings. The summed E-state index contributed by atoms with van der Waals surface area (Å²) in [6.45, 7) is 6.45. The summed E-state index contributed by atoms with van der Waals surface area (Å²) in [6.07, 6.45) is 5.81. The first-order chi connectivity index (χ1) is 21.9. The second-order valence-corrected chi connectivity index (χ2v) is 14.1. The number of benzene rings is 1. The highest BCUT2D eigenvalue weighted by molar-refractivity contribution is 7.15. The molecule has 1 aromatic carbocycles. The molecule has 45 heavy (non-hydrogen) atoms. The highest BCUT2D eigenvalue weighted by Crippen LogP contribution is 2.44. The summed E-state index contributed by atoms with van der Waals surface area (Å²) in [5, 5.41) is 13.4. The minimum Gasteiger partial charge on any atom is -0.478 e. The van der Waals surface area contributed by atoms with Crippen LogP contribution in [-0.4, -0.2) is 62.7 Å². The molecule has 0 unspecified atom stereocenters. The number of aromatic nitrogens is 3. The van der Waals surface area contributed by atoms with Crippen molar-refractivity contribution in [3.63, 3.8) is 0 Å². The van der Waals surface area contributed by atoms with E-state index in [1.807, 2.05) is 18.7 Å². The summed E-state index contributed by atoms with van der Waals surface area (Å²) < 4.78 is 7.66. The van der Waals surface area contributed by atoms with Gasteiger partial charge >= 0.3 is 5.97 Å². The third-order valence-corrected chi connectivity index (χ3v) is 11.1. The van der Waals surface area contributed by atoms with E-state index in [2.05, 4.69) is 45.9 Å². The number of rotatable bonds is 7. The second-order valence-electron chi connectivity index (χ2n) is 12.0. The van der Waals surface area contributed by atoms with Crippen molar-refractivity contribution in [2.24, 2.45) is 0 Å². The van der Waals surface area contributed by atoms with Gasteiger partial charge in [-0.05, 0) is 74.1 Å². The average Bonchev–Trinajstić information content (AvgIpc) is 3.78. The number of carbonyl (C=O) groups excluding carboxylic acids is 1. The number of fused-ring (bicyclic) bond motifs is 1. The Labute approximate surface area is 270 Å². The molecule has 0 spiro atoms. The van der Waals surface area contributed by atoms with Gasteiger partial charge in [-0.25, -0.2) is 14.8 Å². The van der Waals surface area contributed by atoms with E-state index < -0.39 is 5.97 Å². The van der Waals surface area contributed by atoms with Crippen LogP contribution in [0.25, 0.3) is 43.3 Å². The zero-order valence-corrected chi connectivity index (χ0v) is 27.2. The van der Waals surface area contributed by atoms with E-state index in [1.54, 1.807) is 22.8 Å².